The maximum atomic E-state index is 12.7. The number of carbonyl (C=O) groups excluding carboxylic acids is 1. The molecule has 0 radical (unpaired) electrons. The smallest absolute Gasteiger partial charge is 0.255 e. The molecule has 27 heavy (non-hydrogen) atoms. The molecule has 1 N–H and O–H groups in total. The van der Waals surface area contributed by atoms with Gasteiger partial charge in [0.15, 0.2) is 11.5 Å². The number of hydrogen-bond acceptors (Lipinski definition) is 4. The summed E-state index contributed by atoms with van der Waals surface area (Å²) >= 11 is 0. The molecule has 6 heteroatoms. The first-order chi connectivity index (χ1) is 13.2. The van der Waals surface area contributed by atoms with E-state index in [4.69, 9.17) is 9.47 Å². The molecule has 0 aliphatic carbocycles. The average Bonchev–Trinajstić information content (AvgIpc) is 3.17. The summed E-state index contributed by atoms with van der Waals surface area (Å²) in [6, 6.07) is 15.1. The van der Waals surface area contributed by atoms with Gasteiger partial charge in [0.05, 0.1) is 25.5 Å². The summed E-state index contributed by atoms with van der Waals surface area (Å²) in [5.74, 6) is 0.963. The molecule has 0 aliphatic rings. The Morgan fingerprint density at radius 1 is 1.15 bits per heavy atom. The molecule has 0 aliphatic heterocycles. The van der Waals surface area contributed by atoms with Gasteiger partial charge in [0.2, 0.25) is 0 Å². The zero-order valence-corrected chi connectivity index (χ0v) is 15.3. The third kappa shape index (κ3) is 3.84. The van der Waals surface area contributed by atoms with Crippen LogP contribution in [-0.2, 0) is 0 Å². The molecule has 1 amide bonds. The number of para-hydroxylation sites is 1. The molecule has 6 nitrogen and oxygen atoms in total. The van der Waals surface area contributed by atoms with Crippen molar-refractivity contribution in [2.75, 3.05) is 20.8 Å². The van der Waals surface area contributed by atoms with Crippen molar-refractivity contribution in [2.24, 2.45) is 0 Å². The zero-order valence-electron chi connectivity index (χ0n) is 15.3. The number of nitrogens with zero attached hydrogens (tertiary/aromatic N) is 2. The lowest BCUT2D eigenvalue weighted by molar-refractivity contribution is 0.0958. The summed E-state index contributed by atoms with van der Waals surface area (Å²) in [6.07, 6.45) is 3.36. The molecule has 2 aromatic carbocycles. The van der Waals surface area contributed by atoms with Gasteiger partial charge in [-0.15, -0.1) is 6.58 Å². The Hall–Kier alpha value is -3.54. The van der Waals surface area contributed by atoms with Crippen LogP contribution in [0.4, 0.5) is 0 Å². The molecule has 1 heterocycles. The van der Waals surface area contributed by atoms with Crippen molar-refractivity contribution in [3.63, 3.8) is 0 Å². The molecule has 138 valence electrons. The van der Waals surface area contributed by atoms with Gasteiger partial charge in [0, 0.05) is 18.3 Å². The Labute approximate surface area is 158 Å². The van der Waals surface area contributed by atoms with E-state index < -0.39 is 0 Å². The van der Waals surface area contributed by atoms with Gasteiger partial charge in [0.1, 0.15) is 5.69 Å². The van der Waals surface area contributed by atoms with E-state index in [1.807, 2.05) is 36.4 Å². The van der Waals surface area contributed by atoms with Crippen molar-refractivity contribution in [3.8, 4) is 28.4 Å². The fourth-order valence-corrected chi connectivity index (χ4v) is 2.71. The van der Waals surface area contributed by atoms with Crippen LogP contribution in [0.1, 0.15) is 10.4 Å². The Morgan fingerprint density at radius 3 is 2.56 bits per heavy atom. The number of carbonyl (C=O) groups is 1. The highest BCUT2D eigenvalue weighted by Gasteiger charge is 2.19. The molecular formula is C21H21N3O3. The van der Waals surface area contributed by atoms with Crippen molar-refractivity contribution in [3.05, 3.63) is 72.9 Å². The lowest BCUT2D eigenvalue weighted by Gasteiger charge is -2.09. The molecule has 0 spiro atoms. The monoisotopic (exact) mass is 363 g/mol. The van der Waals surface area contributed by atoms with E-state index in [-0.39, 0.29) is 5.91 Å². The fraction of sp³-hybridized carbons (Fsp3) is 0.143. The molecule has 0 bridgehead atoms. The average molecular weight is 363 g/mol. The van der Waals surface area contributed by atoms with E-state index in [1.54, 1.807) is 43.3 Å². The van der Waals surface area contributed by atoms with Gasteiger partial charge in [-0.1, -0.05) is 24.3 Å². The van der Waals surface area contributed by atoms with Crippen LogP contribution in [0.25, 0.3) is 16.9 Å². The predicted octanol–water partition coefficient (Wildman–Crippen LogP) is 3.47. The molecule has 0 atom stereocenters. The molecule has 1 aromatic heterocycles. The van der Waals surface area contributed by atoms with E-state index in [9.17, 15) is 4.79 Å². The number of hydrogen-bond donors (Lipinski definition) is 1. The quantitative estimate of drug-likeness (QED) is 0.653. The third-order valence-corrected chi connectivity index (χ3v) is 4.04. The van der Waals surface area contributed by atoms with Gasteiger partial charge in [-0.05, 0) is 30.3 Å². The van der Waals surface area contributed by atoms with Gasteiger partial charge in [0.25, 0.3) is 5.91 Å². The van der Waals surface area contributed by atoms with Crippen molar-refractivity contribution in [1.82, 2.24) is 15.1 Å². The summed E-state index contributed by atoms with van der Waals surface area (Å²) in [5, 5.41) is 7.45. The highest BCUT2D eigenvalue weighted by molar-refractivity contribution is 6.00. The van der Waals surface area contributed by atoms with Crippen LogP contribution in [0.3, 0.4) is 0 Å². The molecule has 3 aromatic rings. The van der Waals surface area contributed by atoms with Gasteiger partial charge >= 0.3 is 0 Å². The first-order valence-electron chi connectivity index (χ1n) is 8.44. The molecular weight excluding hydrogens is 342 g/mol. The van der Waals surface area contributed by atoms with Gasteiger partial charge in [-0.2, -0.15) is 5.10 Å². The maximum Gasteiger partial charge on any atom is 0.255 e. The molecule has 0 saturated heterocycles. The Kier molecular flexibility index (Phi) is 5.56. The standard InChI is InChI=1S/C21H21N3O3/c1-4-12-22-21(25)17-14-24(16-8-6-5-7-9-16)23-20(17)15-10-11-18(26-2)19(13-15)27-3/h4-11,13-14H,1,12H2,2-3H3,(H,22,25). The normalized spacial score (nSPS) is 10.3. The molecule has 0 fully saturated rings. The SMILES string of the molecule is C=CCNC(=O)c1cn(-c2ccccc2)nc1-c1ccc(OC)c(OC)c1. The van der Waals surface area contributed by atoms with Crippen molar-refractivity contribution < 1.29 is 14.3 Å². The summed E-state index contributed by atoms with van der Waals surface area (Å²) < 4.78 is 12.4. The minimum Gasteiger partial charge on any atom is -0.493 e. The van der Waals surface area contributed by atoms with Crippen LogP contribution < -0.4 is 14.8 Å². The van der Waals surface area contributed by atoms with E-state index in [0.29, 0.717) is 29.3 Å². The second kappa shape index (κ2) is 8.23. The summed E-state index contributed by atoms with van der Waals surface area (Å²) in [6.45, 7) is 4.01. The zero-order chi connectivity index (χ0) is 19.2. The lowest BCUT2D eigenvalue weighted by atomic mass is 10.1. The number of methoxy groups -OCH3 is 2. The minimum atomic E-state index is -0.220. The Bertz CT molecular complexity index is 949. The van der Waals surface area contributed by atoms with E-state index in [2.05, 4.69) is 17.0 Å². The topological polar surface area (TPSA) is 65.4 Å². The summed E-state index contributed by atoms with van der Waals surface area (Å²) in [5.41, 5.74) is 2.64. The number of aromatic nitrogens is 2. The number of ether oxygens (including phenoxy) is 2. The number of benzene rings is 2. The van der Waals surface area contributed by atoms with Crippen LogP contribution in [0.15, 0.2) is 67.4 Å². The fourth-order valence-electron chi connectivity index (χ4n) is 2.71. The van der Waals surface area contributed by atoms with Crippen LogP contribution in [0, 0.1) is 0 Å². The van der Waals surface area contributed by atoms with Crippen molar-refractivity contribution in [1.29, 1.82) is 0 Å². The maximum absolute atomic E-state index is 12.7. The second-order valence-electron chi connectivity index (χ2n) is 5.74. The summed E-state index contributed by atoms with van der Waals surface area (Å²) in [7, 11) is 3.15. The minimum absolute atomic E-state index is 0.220. The van der Waals surface area contributed by atoms with Gasteiger partial charge < -0.3 is 14.8 Å². The summed E-state index contributed by atoms with van der Waals surface area (Å²) in [4.78, 5) is 12.7. The molecule has 3 rings (SSSR count). The van der Waals surface area contributed by atoms with Crippen molar-refractivity contribution >= 4 is 5.91 Å². The first kappa shape index (κ1) is 18.3. The Balaban J connectivity index is 2.11. The largest absolute Gasteiger partial charge is 0.493 e. The van der Waals surface area contributed by atoms with E-state index in [1.165, 1.54) is 0 Å². The third-order valence-electron chi connectivity index (χ3n) is 4.04. The van der Waals surface area contributed by atoms with Crippen molar-refractivity contribution in [2.45, 2.75) is 0 Å². The predicted molar refractivity (Wildman–Crippen MR) is 105 cm³/mol. The highest BCUT2D eigenvalue weighted by Crippen LogP contribution is 2.33. The van der Waals surface area contributed by atoms with Crippen LogP contribution in [0.2, 0.25) is 0 Å². The number of rotatable bonds is 7. The number of amides is 1. The van der Waals surface area contributed by atoms with Gasteiger partial charge in [-0.25, -0.2) is 4.68 Å². The number of nitrogens with one attached hydrogen (secondary N) is 1. The molecule has 0 unspecified atom stereocenters. The first-order valence-corrected chi connectivity index (χ1v) is 8.44. The van der Waals surface area contributed by atoms with Crippen LogP contribution in [-0.4, -0.2) is 36.5 Å². The highest BCUT2D eigenvalue weighted by atomic mass is 16.5. The van der Waals surface area contributed by atoms with E-state index >= 15 is 0 Å². The molecule has 0 saturated carbocycles. The van der Waals surface area contributed by atoms with Crippen LogP contribution in [0.5, 0.6) is 11.5 Å². The Morgan fingerprint density at radius 2 is 1.89 bits per heavy atom. The second-order valence-corrected chi connectivity index (χ2v) is 5.74. The lowest BCUT2D eigenvalue weighted by Crippen LogP contribution is -2.23. The van der Waals surface area contributed by atoms with E-state index in [0.717, 1.165) is 11.3 Å². The van der Waals surface area contributed by atoms with Crippen LogP contribution >= 0.6 is 0 Å². The van der Waals surface area contributed by atoms with Gasteiger partial charge in [-0.3, -0.25) is 4.79 Å².